The zero-order valence-corrected chi connectivity index (χ0v) is 13.1. The van der Waals surface area contributed by atoms with Crippen LogP contribution in [0.1, 0.15) is 44.6 Å². The minimum absolute atomic E-state index is 0.219. The summed E-state index contributed by atoms with van der Waals surface area (Å²) in [6.45, 7) is 4.36. The molecule has 2 rings (SSSR count). The highest BCUT2D eigenvalue weighted by Gasteiger charge is 2.16. The lowest BCUT2D eigenvalue weighted by molar-refractivity contribution is -0.122. The third kappa shape index (κ3) is 5.88. The van der Waals surface area contributed by atoms with Crippen molar-refractivity contribution in [2.75, 3.05) is 13.1 Å². The van der Waals surface area contributed by atoms with Crippen molar-refractivity contribution >= 4 is 5.91 Å². The molecule has 1 heterocycles. The number of hydrogen-bond acceptors (Lipinski definition) is 2. The van der Waals surface area contributed by atoms with Crippen LogP contribution in [0.15, 0.2) is 30.3 Å². The van der Waals surface area contributed by atoms with Crippen LogP contribution >= 0.6 is 0 Å². The van der Waals surface area contributed by atoms with Crippen LogP contribution in [0.2, 0.25) is 0 Å². The molecule has 21 heavy (non-hydrogen) atoms. The Morgan fingerprint density at radius 2 is 2.00 bits per heavy atom. The molecule has 1 atom stereocenters. The number of nitrogens with one attached hydrogen (secondary N) is 2. The maximum Gasteiger partial charge on any atom is 0.220 e. The molecule has 0 aromatic heterocycles. The molecule has 3 nitrogen and oxygen atoms in total. The number of carbonyl (C=O) groups excluding carboxylic acids is 1. The first-order valence-corrected chi connectivity index (χ1v) is 8.32. The molecule has 1 saturated heterocycles. The van der Waals surface area contributed by atoms with Gasteiger partial charge in [0.2, 0.25) is 5.91 Å². The molecule has 0 spiro atoms. The quantitative estimate of drug-likeness (QED) is 0.810. The second kappa shape index (κ2) is 8.83. The summed E-state index contributed by atoms with van der Waals surface area (Å²) < 4.78 is 0. The average Bonchev–Trinajstić information content (AvgIpc) is 2.54. The lowest BCUT2D eigenvalue weighted by Crippen LogP contribution is -2.36. The Balaban J connectivity index is 1.71. The molecule has 1 aromatic carbocycles. The Bertz CT molecular complexity index is 412. The number of benzene rings is 1. The molecule has 116 valence electrons. The summed E-state index contributed by atoms with van der Waals surface area (Å²) in [5.74, 6) is 0.947. The van der Waals surface area contributed by atoms with Crippen molar-refractivity contribution in [3.8, 4) is 0 Å². The summed E-state index contributed by atoms with van der Waals surface area (Å²) >= 11 is 0. The van der Waals surface area contributed by atoms with Crippen LogP contribution < -0.4 is 10.6 Å². The van der Waals surface area contributed by atoms with Crippen molar-refractivity contribution in [1.82, 2.24) is 10.6 Å². The van der Waals surface area contributed by atoms with E-state index in [0.29, 0.717) is 6.42 Å². The van der Waals surface area contributed by atoms with Crippen LogP contribution in [-0.4, -0.2) is 25.0 Å². The van der Waals surface area contributed by atoms with Gasteiger partial charge in [-0.1, -0.05) is 37.3 Å². The zero-order valence-electron chi connectivity index (χ0n) is 13.1. The summed E-state index contributed by atoms with van der Waals surface area (Å²) in [5, 5.41) is 6.57. The predicted octanol–water partition coefficient (Wildman–Crippen LogP) is 2.90. The fraction of sp³-hybridized carbons (Fsp3) is 0.611. The normalized spacial score (nSPS) is 17.4. The van der Waals surface area contributed by atoms with E-state index in [1.54, 1.807) is 0 Å². The van der Waals surface area contributed by atoms with Crippen LogP contribution in [-0.2, 0) is 11.2 Å². The largest absolute Gasteiger partial charge is 0.353 e. The minimum atomic E-state index is 0.219. The molecule has 3 heteroatoms. The van der Waals surface area contributed by atoms with E-state index in [9.17, 15) is 4.79 Å². The summed E-state index contributed by atoms with van der Waals surface area (Å²) in [6, 6.07) is 10.7. The smallest absolute Gasteiger partial charge is 0.220 e. The average molecular weight is 288 g/mol. The number of amides is 1. The van der Waals surface area contributed by atoms with Crippen molar-refractivity contribution in [3.63, 3.8) is 0 Å². The van der Waals surface area contributed by atoms with Crippen LogP contribution in [0, 0.1) is 5.92 Å². The molecule has 0 saturated carbocycles. The van der Waals surface area contributed by atoms with Gasteiger partial charge in [-0.3, -0.25) is 4.79 Å². The Morgan fingerprint density at radius 1 is 1.29 bits per heavy atom. The Labute approximate surface area is 128 Å². The van der Waals surface area contributed by atoms with Gasteiger partial charge in [0, 0.05) is 12.5 Å². The Kier molecular flexibility index (Phi) is 6.74. The van der Waals surface area contributed by atoms with Crippen molar-refractivity contribution in [1.29, 1.82) is 0 Å². The van der Waals surface area contributed by atoms with Crippen molar-refractivity contribution in [3.05, 3.63) is 35.9 Å². The Morgan fingerprint density at radius 3 is 2.67 bits per heavy atom. The molecule has 0 aliphatic carbocycles. The second-order valence-electron chi connectivity index (χ2n) is 6.09. The maximum atomic E-state index is 12.1. The highest BCUT2D eigenvalue weighted by atomic mass is 16.1. The highest BCUT2D eigenvalue weighted by Crippen LogP contribution is 2.17. The lowest BCUT2D eigenvalue weighted by atomic mass is 9.93. The molecule has 0 radical (unpaired) electrons. The molecular formula is C18H28N2O. The summed E-state index contributed by atoms with van der Waals surface area (Å²) in [6.07, 6.45) is 6.05. The number of carbonyl (C=O) groups is 1. The topological polar surface area (TPSA) is 41.1 Å². The third-order valence-electron chi connectivity index (χ3n) is 4.42. The van der Waals surface area contributed by atoms with Crippen LogP contribution in [0.25, 0.3) is 0 Å². The van der Waals surface area contributed by atoms with Gasteiger partial charge in [-0.05, 0) is 56.7 Å². The molecule has 1 unspecified atom stereocenters. The number of rotatable bonds is 7. The maximum absolute atomic E-state index is 12.1. The standard InChI is InChI=1S/C18H28N2O/c1-2-17(14-16-6-4-3-5-7-16)20-18(21)9-8-15-10-12-19-13-11-15/h3-7,15,17,19H,2,8-14H2,1H3,(H,20,21). The third-order valence-corrected chi connectivity index (χ3v) is 4.42. The monoisotopic (exact) mass is 288 g/mol. The number of hydrogen-bond donors (Lipinski definition) is 2. The fourth-order valence-electron chi connectivity index (χ4n) is 3.00. The first-order chi connectivity index (χ1) is 10.3. The highest BCUT2D eigenvalue weighted by molar-refractivity contribution is 5.76. The van der Waals surface area contributed by atoms with Crippen molar-refractivity contribution < 1.29 is 4.79 Å². The van der Waals surface area contributed by atoms with E-state index in [-0.39, 0.29) is 11.9 Å². The van der Waals surface area contributed by atoms with E-state index in [1.807, 2.05) is 6.07 Å². The zero-order chi connectivity index (χ0) is 14.9. The van der Waals surface area contributed by atoms with Crippen LogP contribution in [0.3, 0.4) is 0 Å². The molecule has 1 aliphatic heterocycles. The number of piperidine rings is 1. The first-order valence-electron chi connectivity index (χ1n) is 8.32. The molecule has 1 aromatic rings. The molecular weight excluding hydrogens is 260 g/mol. The van der Waals surface area contributed by atoms with Gasteiger partial charge in [0.25, 0.3) is 0 Å². The first kappa shape index (κ1) is 16.0. The summed E-state index contributed by atoms with van der Waals surface area (Å²) in [7, 11) is 0. The minimum Gasteiger partial charge on any atom is -0.353 e. The molecule has 1 amide bonds. The molecule has 1 fully saturated rings. The van der Waals surface area contributed by atoms with Crippen molar-refractivity contribution in [2.24, 2.45) is 5.92 Å². The van der Waals surface area contributed by atoms with Gasteiger partial charge in [-0.25, -0.2) is 0 Å². The SMILES string of the molecule is CCC(Cc1ccccc1)NC(=O)CCC1CCNCC1. The van der Waals surface area contributed by atoms with E-state index in [0.717, 1.165) is 38.3 Å². The van der Waals surface area contributed by atoms with Gasteiger partial charge in [0.15, 0.2) is 0 Å². The van der Waals surface area contributed by atoms with Gasteiger partial charge in [0.05, 0.1) is 0 Å². The van der Waals surface area contributed by atoms with Crippen LogP contribution in [0.4, 0.5) is 0 Å². The van der Waals surface area contributed by atoms with E-state index in [1.165, 1.54) is 18.4 Å². The van der Waals surface area contributed by atoms with E-state index in [2.05, 4.69) is 41.8 Å². The summed E-state index contributed by atoms with van der Waals surface area (Å²) in [4.78, 5) is 12.1. The van der Waals surface area contributed by atoms with Gasteiger partial charge < -0.3 is 10.6 Å². The second-order valence-corrected chi connectivity index (χ2v) is 6.09. The van der Waals surface area contributed by atoms with E-state index < -0.39 is 0 Å². The van der Waals surface area contributed by atoms with Gasteiger partial charge in [-0.2, -0.15) is 0 Å². The van der Waals surface area contributed by atoms with Gasteiger partial charge in [-0.15, -0.1) is 0 Å². The van der Waals surface area contributed by atoms with Crippen LogP contribution in [0.5, 0.6) is 0 Å². The summed E-state index contributed by atoms with van der Waals surface area (Å²) in [5.41, 5.74) is 1.29. The lowest BCUT2D eigenvalue weighted by Gasteiger charge is -2.23. The van der Waals surface area contributed by atoms with Crippen molar-refractivity contribution in [2.45, 2.75) is 51.5 Å². The van der Waals surface area contributed by atoms with E-state index in [4.69, 9.17) is 0 Å². The fourth-order valence-corrected chi connectivity index (χ4v) is 3.00. The predicted molar refractivity (Wildman–Crippen MR) is 87.2 cm³/mol. The van der Waals surface area contributed by atoms with E-state index >= 15 is 0 Å². The van der Waals surface area contributed by atoms with Gasteiger partial charge >= 0.3 is 0 Å². The Hall–Kier alpha value is -1.35. The molecule has 2 N–H and O–H groups in total. The molecule has 1 aliphatic rings. The molecule has 0 bridgehead atoms. The van der Waals surface area contributed by atoms with Gasteiger partial charge in [0.1, 0.15) is 0 Å².